The Morgan fingerprint density at radius 3 is 3.05 bits per heavy atom. The molecule has 5 nitrogen and oxygen atoms in total. The smallest absolute Gasteiger partial charge is 0.248 e. The molecule has 5 heteroatoms. The van der Waals surface area contributed by atoms with Crippen LogP contribution < -0.4 is 10.6 Å². The summed E-state index contributed by atoms with van der Waals surface area (Å²) in [6.45, 7) is 3.73. The number of nitrogens with zero attached hydrogens (tertiary/aromatic N) is 2. The van der Waals surface area contributed by atoms with E-state index in [0.717, 1.165) is 18.5 Å². The highest BCUT2D eigenvalue weighted by molar-refractivity contribution is 5.86. The minimum atomic E-state index is -0.214. The zero-order valence-electron chi connectivity index (χ0n) is 10.5. The average molecular weight is 256 g/mol. The number of nitrogens with one attached hydrogen (secondary N) is 2. The summed E-state index contributed by atoms with van der Waals surface area (Å²) in [4.78, 5) is 11.8. The van der Waals surface area contributed by atoms with Gasteiger partial charge >= 0.3 is 0 Å². The second-order valence-electron chi connectivity index (χ2n) is 4.77. The molecule has 0 bridgehead atoms. The highest BCUT2D eigenvalue weighted by Gasteiger charge is 2.32. The van der Waals surface area contributed by atoms with Crippen LogP contribution in [0.2, 0.25) is 0 Å². The van der Waals surface area contributed by atoms with E-state index >= 15 is 0 Å². The summed E-state index contributed by atoms with van der Waals surface area (Å²) in [5, 5.41) is 10.0. The first-order valence-electron chi connectivity index (χ1n) is 6.39. The molecule has 2 heterocycles. The number of aromatic nitrogens is 2. The van der Waals surface area contributed by atoms with Gasteiger partial charge in [0.15, 0.2) is 0 Å². The first-order chi connectivity index (χ1) is 9.24. The Labute approximate surface area is 111 Å². The van der Waals surface area contributed by atoms with Gasteiger partial charge in [0.25, 0.3) is 0 Å². The fourth-order valence-electron chi connectivity index (χ4n) is 2.50. The van der Waals surface area contributed by atoms with Crippen LogP contribution in [0.5, 0.6) is 0 Å². The lowest BCUT2D eigenvalue weighted by Crippen LogP contribution is -2.35. The Kier molecular flexibility index (Phi) is 2.95. The van der Waals surface area contributed by atoms with Crippen LogP contribution in [0.1, 0.15) is 12.8 Å². The van der Waals surface area contributed by atoms with E-state index in [1.807, 2.05) is 23.0 Å². The number of hydrogen-bond donors (Lipinski definition) is 2. The van der Waals surface area contributed by atoms with Crippen molar-refractivity contribution in [3.05, 3.63) is 49.1 Å². The fraction of sp³-hybridized carbons (Fsp3) is 0.286. The molecule has 1 saturated heterocycles. The second kappa shape index (κ2) is 4.76. The van der Waals surface area contributed by atoms with Crippen LogP contribution in [-0.4, -0.2) is 21.7 Å². The maximum atomic E-state index is 11.8. The third-order valence-electron chi connectivity index (χ3n) is 3.45. The minimum Gasteiger partial charge on any atom is -0.360 e. The van der Waals surface area contributed by atoms with Gasteiger partial charge < -0.3 is 10.6 Å². The van der Waals surface area contributed by atoms with Gasteiger partial charge in [-0.3, -0.25) is 4.79 Å². The molecule has 2 unspecified atom stereocenters. The van der Waals surface area contributed by atoms with Crippen LogP contribution in [0.3, 0.4) is 0 Å². The van der Waals surface area contributed by atoms with Crippen LogP contribution in [0.25, 0.3) is 5.70 Å². The second-order valence-corrected chi connectivity index (χ2v) is 4.77. The van der Waals surface area contributed by atoms with E-state index in [-0.39, 0.29) is 17.9 Å². The van der Waals surface area contributed by atoms with E-state index < -0.39 is 0 Å². The maximum Gasteiger partial charge on any atom is 0.248 e. The summed E-state index contributed by atoms with van der Waals surface area (Å²) in [6, 6.07) is 1.68. The molecule has 0 aromatic carbocycles. The quantitative estimate of drug-likeness (QED) is 0.837. The summed E-state index contributed by atoms with van der Waals surface area (Å²) < 4.78 is 1.83. The van der Waals surface area contributed by atoms with Gasteiger partial charge in [-0.25, -0.2) is 4.68 Å². The van der Waals surface area contributed by atoms with Crippen molar-refractivity contribution in [3.8, 4) is 0 Å². The number of carbonyl (C=O) groups excluding carboxylic acids is 1. The highest BCUT2D eigenvalue weighted by Crippen LogP contribution is 2.23. The number of carbonyl (C=O) groups is 1. The van der Waals surface area contributed by atoms with Crippen molar-refractivity contribution in [2.24, 2.45) is 5.92 Å². The number of hydrogen-bond acceptors (Lipinski definition) is 3. The Hall–Kier alpha value is -2.30. The molecule has 2 N–H and O–H groups in total. The molecule has 98 valence electrons. The van der Waals surface area contributed by atoms with E-state index in [1.165, 1.54) is 0 Å². The highest BCUT2D eigenvalue weighted by atomic mass is 16.2. The molecule has 1 amide bonds. The molecule has 19 heavy (non-hydrogen) atoms. The van der Waals surface area contributed by atoms with E-state index in [0.29, 0.717) is 5.82 Å². The fourth-order valence-corrected chi connectivity index (χ4v) is 2.50. The van der Waals surface area contributed by atoms with Gasteiger partial charge in [0.1, 0.15) is 6.04 Å². The lowest BCUT2D eigenvalue weighted by molar-refractivity contribution is -0.121. The summed E-state index contributed by atoms with van der Waals surface area (Å²) >= 11 is 0. The minimum absolute atomic E-state index is 0.00203. The first kappa shape index (κ1) is 11.8. The molecule has 0 saturated carbocycles. The van der Waals surface area contributed by atoms with Crippen LogP contribution in [0.15, 0.2) is 49.1 Å². The van der Waals surface area contributed by atoms with Gasteiger partial charge in [-0.2, -0.15) is 5.10 Å². The van der Waals surface area contributed by atoms with E-state index in [4.69, 9.17) is 0 Å². The van der Waals surface area contributed by atoms with Crippen molar-refractivity contribution in [1.29, 1.82) is 0 Å². The van der Waals surface area contributed by atoms with Crippen molar-refractivity contribution < 1.29 is 4.79 Å². The van der Waals surface area contributed by atoms with Crippen molar-refractivity contribution in [2.45, 2.75) is 18.9 Å². The van der Waals surface area contributed by atoms with Crippen LogP contribution >= 0.6 is 0 Å². The predicted molar refractivity (Wildman–Crippen MR) is 72.6 cm³/mol. The molecule has 1 aliphatic heterocycles. The van der Waals surface area contributed by atoms with Crippen molar-refractivity contribution >= 4 is 11.6 Å². The van der Waals surface area contributed by atoms with Gasteiger partial charge in [-0.05, 0) is 25.0 Å². The lowest BCUT2D eigenvalue weighted by Gasteiger charge is -2.16. The molecular formula is C14H16N4O. The molecule has 0 radical (unpaired) electrons. The average Bonchev–Trinajstić information content (AvgIpc) is 2.94. The van der Waals surface area contributed by atoms with Crippen LogP contribution in [-0.2, 0) is 4.79 Å². The predicted octanol–water partition coefficient (Wildman–Crippen LogP) is 1.25. The molecule has 1 aromatic heterocycles. The lowest BCUT2D eigenvalue weighted by atomic mass is 9.95. The first-order valence-corrected chi connectivity index (χ1v) is 6.39. The Bertz CT molecular complexity index is 556. The Balaban J connectivity index is 1.77. The number of allylic oxidation sites excluding steroid dienone is 3. The summed E-state index contributed by atoms with van der Waals surface area (Å²) in [6.07, 6.45) is 11.8. The topological polar surface area (TPSA) is 59.0 Å². The molecule has 1 fully saturated rings. The summed E-state index contributed by atoms with van der Waals surface area (Å²) in [5.41, 5.74) is 1.05. The molecule has 3 rings (SSSR count). The number of amides is 1. The molecular weight excluding hydrogens is 240 g/mol. The van der Waals surface area contributed by atoms with E-state index in [2.05, 4.69) is 34.5 Å². The van der Waals surface area contributed by atoms with E-state index in [1.54, 1.807) is 6.20 Å². The van der Waals surface area contributed by atoms with Gasteiger partial charge in [-0.1, -0.05) is 18.7 Å². The normalized spacial score (nSPS) is 26.6. The van der Waals surface area contributed by atoms with Gasteiger partial charge in [0.05, 0.1) is 11.5 Å². The Morgan fingerprint density at radius 1 is 1.47 bits per heavy atom. The summed E-state index contributed by atoms with van der Waals surface area (Å²) in [5.74, 6) is 0.763. The Morgan fingerprint density at radius 2 is 2.37 bits per heavy atom. The maximum absolute atomic E-state index is 11.8. The standard InChI is InChI=1S/C14H16N4O/c1-10-16-13(14(19)17-10)11-4-2-5-12(7-6-11)18-9-3-8-15-18/h3,5-9,11,13,16H,1-2,4H2,(H,17,19). The van der Waals surface area contributed by atoms with E-state index in [9.17, 15) is 4.79 Å². The van der Waals surface area contributed by atoms with Crippen LogP contribution in [0.4, 0.5) is 0 Å². The molecule has 1 aliphatic carbocycles. The van der Waals surface area contributed by atoms with Gasteiger partial charge in [0, 0.05) is 18.3 Å². The molecule has 2 atom stereocenters. The largest absolute Gasteiger partial charge is 0.360 e. The van der Waals surface area contributed by atoms with Crippen molar-refractivity contribution in [3.63, 3.8) is 0 Å². The van der Waals surface area contributed by atoms with Crippen molar-refractivity contribution in [1.82, 2.24) is 20.4 Å². The zero-order chi connectivity index (χ0) is 13.2. The molecule has 0 spiro atoms. The third-order valence-corrected chi connectivity index (χ3v) is 3.45. The molecule has 1 aromatic rings. The van der Waals surface area contributed by atoms with Crippen molar-refractivity contribution in [2.75, 3.05) is 0 Å². The molecule has 2 aliphatic rings. The van der Waals surface area contributed by atoms with Gasteiger partial charge in [0.2, 0.25) is 5.91 Å². The number of rotatable bonds is 2. The monoisotopic (exact) mass is 256 g/mol. The summed E-state index contributed by atoms with van der Waals surface area (Å²) in [7, 11) is 0. The van der Waals surface area contributed by atoms with Crippen LogP contribution in [0, 0.1) is 5.92 Å². The van der Waals surface area contributed by atoms with Gasteiger partial charge in [-0.15, -0.1) is 0 Å². The SMILES string of the molecule is C=C1NC(=O)C(C2C=CC(n3cccn3)=CCC2)N1. The zero-order valence-corrected chi connectivity index (χ0v) is 10.5. The third kappa shape index (κ3) is 2.31.